The van der Waals surface area contributed by atoms with Crippen molar-refractivity contribution in [2.75, 3.05) is 30.4 Å². The van der Waals surface area contributed by atoms with Crippen molar-refractivity contribution in [1.82, 2.24) is 0 Å². The van der Waals surface area contributed by atoms with Crippen LogP contribution in [-0.2, 0) is 6.42 Å². The first kappa shape index (κ1) is 9.38. The molecule has 0 aromatic heterocycles. The second-order valence-corrected chi connectivity index (χ2v) is 3.89. The van der Waals surface area contributed by atoms with Crippen LogP contribution < -0.4 is 10.2 Å². The van der Waals surface area contributed by atoms with E-state index in [2.05, 4.69) is 42.4 Å². The lowest BCUT2D eigenvalue weighted by molar-refractivity contribution is 0.828. The minimum atomic E-state index is 1.06. The fourth-order valence-corrected chi connectivity index (χ4v) is 1.88. The number of hydrogen-bond donors (Lipinski definition) is 1. The van der Waals surface area contributed by atoms with Crippen molar-refractivity contribution >= 4 is 11.4 Å². The van der Waals surface area contributed by atoms with Gasteiger partial charge in [0.1, 0.15) is 0 Å². The third-order valence-electron chi connectivity index (χ3n) is 2.94. The van der Waals surface area contributed by atoms with Crippen molar-refractivity contribution in [2.24, 2.45) is 0 Å². The number of rotatable bonds is 2. The van der Waals surface area contributed by atoms with Gasteiger partial charge in [-0.1, -0.05) is 0 Å². The smallest absolute Gasteiger partial charge is 0.0374 e. The Hall–Kier alpha value is -1.18. The second kappa shape index (κ2) is 3.91. The maximum Gasteiger partial charge on any atom is 0.0374 e. The van der Waals surface area contributed by atoms with Gasteiger partial charge in [-0.3, -0.25) is 0 Å². The molecule has 2 rings (SSSR count). The maximum atomic E-state index is 3.43. The lowest BCUT2D eigenvalue weighted by Gasteiger charge is -2.22. The Labute approximate surface area is 85.9 Å². The Morgan fingerprint density at radius 2 is 2.29 bits per heavy atom. The van der Waals surface area contributed by atoms with E-state index < -0.39 is 0 Å². The highest BCUT2D eigenvalue weighted by atomic mass is 15.1. The molecule has 0 unspecified atom stereocenters. The third kappa shape index (κ3) is 1.69. The standard InChI is InChI=1S/C12H18N2/c1-3-14(2)11-6-7-12-10(9-11)5-4-8-13-12/h6-7,9,13H,3-5,8H2,1-2H3. The van der Waals surface area contributed by atoms with E-state index in [9.17, 15) is 0 Å². The molecule has 0 atom stereocenters. The van der Waals surface area contributed by atoms with Gasteiger partial charge in [0, 0.05) is 31.5 Å². The van der Waals surface area contributed by atoms with E-state index in [1.807, 2.05) is 0 Å². The van der Waals surface area contributed by atoms with E-state index in [-0.39, 0.29) is 0 Å². The van der Waals surface area contributed by atoms with Gasteiger partial charge in [0.05, 0.1) is 0 Å². The molecule has 14 heavy (non-hydrogen) atoms. The van der Waals surface area contributed by atoms with E-state index in [1.165, 1.54) is 29.8 Å². The van der Waals surface area contributed by atoms with Crippen LogP contribution in [0.15, 0.2) is 18.2 Å². The van der Waals surface area contributed by atoms with Crippen LogP contribution in [0.1, 0.15) is 18.9 Å². The van der Waals surface area contributed by atoms with Crippen LogP contribution >= 0.6 is 0 Å². The van der Waals surface area contributed by atoms with Crippen molar-refractivity contribution in [3.05, 3.63) is 23.8 Å². The highest BCUT2D eigenvalue weighted by molar-refractivity contribution is 5.61. The number of aryl methyl sites for hydroxylation is 1. The quantitative estimate of drug-likeness (QED) is 0.770. The molecule has 0 bridgehead atoms. The van der Waals surface area contributed by atoms with Crippen LogP contribution in [0.3, 0.4) is 0 Å². The monoisotopic (exact) mass is 190 g/mol. The Kier molecular flexibility index (Phi) is 2.62. The summed E-state index contributed by atoms with van der Waals surface area (Å²) in [7, 11) is 2.14. The Morgan fingerprint density at radius 3 is 3.07 bits per heavy atom. The van der Waals surface area contributed by atoms with Crippen molar-refractivity contribution in [1.29, 1.82) is 0 Å². The zero-order valence-electron chi connectivity index (χ0n) is 9.01. The first-order valence-electron chi connectivity index (χ1n) is 5.39. The Balaban J connectivity index is 2.29. The van der Waals surface area contributed by atoms with Crippen LogP contribution in [0.25, 0.3) is 0 Å². The van der Waals surface area contributed by atoms with Gasteiger partial charge in [0.15, 0.2) is 0 Å². The van der Waals surface area contributed by atoms with E-state index in [1.54, 1.807) is 0 Å². The number of anilines is 2. The zero-order valence-corrected chi connectivity index (χ0v) is 9.01. The molecule has 2 nitrogen and oxygen atoms in total. The number of nitrogens with one attached hydrogen (secondary N) is 1. The number of hydrogen-bond acceptors (Lipinski definition) is 2. The summed E-state index contributed by atoms with van der Waals surface area (Å²) < 4.78 is 0. The molecule has 0 radical (unpaired) electrons. The summed E-state index contributed by atoms with van der Waals surface area (Å²) in [5, 5.41) is 3.43. The van der Waals surface area contributed by atoms with Gasteiger partial charge in [0.2, 0.25) is 0 Å². The summed E-state index contributed by atoms with van der Waals surface area (Å²) in [4.78, 5) is 2.27. The molecule has 0 amide bonds. The van der Waals surface area contributed by atoms with Gasteiger partial charge in [-0.2, -0.15) is 0 Å². The minimum Gasteiger partial charge on any atom is -0.385 e. The van der Waals surface area contributed by atoms with Crippen molar-refractivity contribution in [2.45, 2.75) is 19.8 Å². The van der Waals surface area contributed by atoms with Gasteiger partial charge < -0.3 is 10.2 Å². The molecule has 0 spiro atoms. The topological polar surface area (TPSA) is 15.3 Å². The van der Waals surface area contributed by atoms with Crippen LogP contribution in [-0.4, -0.2) is 20.1 Å². The molecule has 2 heteroatoms. The largest absolute Gasteiger partial charge is 0.385 e. The molecule has 1 aliphatic heterocycles. The number of fused-ring (bicyclic) bond motifs is 1. The molecule has 0 fully saturated rings. The summed E-state index contributed by atoms with van der Waals surface area (Å²) in [6.07, 6.45) is 2.47. The molecule has 76 valence electrons. The molecule has 0 aliphatic carbocycles. The van der Waals surface area contributed by atoms with Crippen molar-refractivity contribution in [3.8, 4) is 0 Å². The molecule has 1 heterocycles. The summed E-state index contributed by atoms with van der Waals surface area (Å²) in [5.41, 5.74) is 4.12. The summed E-state index contributed by atoms with van der Waals surface area (Å²) in [5.74, 6) is 0. The molecule has 1 N–H and O–H groups in total. The molecular formula is C12H18N2. The van der Waals surface area contributed by atoms with Crippen molar-refractivity contribution in [3.63, 3.8) is 0 Å². The second-order valence-electron chi connectivity index (χ2n) is 3.89. The average molecular weight is 190 g/mol. The SMILES string of the molecule is CCN(C)c1ccc2c(c1)CCCN2. The predicted octanol–water partition coefficient (Wildman–Crippen LogP) is 2.50. The zero-order chi connectivity index (χ0) is 9.97. The molecule has 0 saturated carbocycles. The Morgan fingerprint density at radius 1 is 1.43 bits per heavy atom. The average Bonchev–Trinajstić information content (AvgIpc) is 2.27. The van der Waals surface area contributed by atoms with Gasteiger partial charge in [0.25, 0.3) is 0 Å². The molecule has 0 saturated heterocycles. The Bertz CT molecular complexity index is 320. The maximum absolute atomic E-state index is 3.43. The first-order chi connectivity index (χ1) is 6.81. The predicted molar refractivity (Wildman–Crippen MR) is 62.2 cm³/mol. The molecular weight excluding hydrogens is 172 g/mol. The summed E-state index contributed by atoms with van der Waals surface area (Å²) in [6.45, 7) is 4.36. The highest BCUT2D eigenvalue weighted by Crippen LogP contribution is 2.26. The van der Waals surface area contributed by atoms with E-state index >= 15 is 0 Å². The lowest BCUT2D eigenvalue weighted by atomic mass is 10.0. The molecule has 1 aromatic carbocycles. The van der Waals surface area contributed by atoms with Gasteiger partial charge >= 0.3 is 0 Å². The minimum absolute atomic E-state index is 1.06. The van der Waals surface area contributed by atoms with E-state index in [4.69, 9.17) is 0 Å². The summed E-state index contributed by atoms with van der Waals surface area (Å²) >= 11 is 0. The highest BCUT2D eigenvalue weighted by Gasteiger charge is 2.09. The van der Waals surface area contributed by atoms with E-state index in [0.29, 0.717) is 0 Å². The number of nitrogens with zero attached hydrogens (tertiary/aromatic N) is 1. The first-order valence-corrected chi connectivity index (χ1v) is 5.39. The summed E-state index contributed by atoms with van der Waals surface area (Å²) in [6, 6.07) is 6.71. The van der Waals surface area contributed by atoms with Gasteiger partial charge in [-0.25, -0.2) is 0 Å². The van der Waals surface area contributed by atoms with Crippen molar-refractivity contribution < 1.29 is 0 Å². The molecule has 1 aliphatic rings. The van der Waals surface area contributed by atoms with Crippen LogP contribution in [0.2, 0.25) is 0 Å². The number of benzene rings is 1. The normalized spacial score (nSPS) is 14.4. The fourth-order valence-electron chi connectivity index (χ4n) is 1.88. The van der Waals surface area contributed by atoms with Crippen LogP contribution in [0.4, 0.5) is 11.4 Å². The van der Waals surface area contributed by atoms with Gasteiger partial charge in [-0.15, -0.1) is 0 Å². The van der Waals surface area contributed by atoms with Crippen LogP contribution in [0, 0.1) is 0 Å². The van der Waals surface area contributed by atoms with Crippen LogP contribution in [0.5, 0.6) is 0 Å². The lowest BCUT2D eigenvalue weighted by Crippen LogP contribution is -2.17. The van der Waals surface area contributed by atoms with Gasteiger partial charge in [-0.05, 0) is 43.5 Å². The third-order valence-corrected chi connectivity index (χ3v) is 2.94. The molecule has 1 aromatic rings. The van der Waals surface area contributed by atoms with E-state index in [0.717, 1.165) is 13.1 Å². The fraction of sp³-hybridized carbons (Fsp3) is 0.500.